The van der Waals surface area contributed by atoms with Crippen LogP contribution in [0.15, 0.2) is 24.3 Å². The maximum absolute atomic E-state index is 13.3. The van der Waals surface area contributed by atoms with Gasteiger partial charge in [-0.1, -0.05) is 39.8 Å². The molecule has 180 valence electrons. The third-order valence-corrected chi connectivity index (χ3v) is 5.31. The fraction of sp³-hybridized carbons (Fsp3) is 0.500. The van der Waals surface area contributed by atoms with E-state index in [-0.39, 0.29) is 18.2 Å². The van der Waals surface area contributed by atoms with Crippen LogP contribution in [0.3, 0.4) is 0 Å². The summed E-state index contributed by atoms with van der Waals surface area (Å²) in [5.74, 6) is -4.33. The number of carbonyl (C=O) groups excluding carboxylic acids is 3. The summed E-state index contributed by atoms with van der Waals surface area (Å²) in [6.07, 6.45) is -0.740. The number of carboxylic acids is 2. The number of anilines is 2. The molecule has 2 rings (SSSR count). The van der Waals surface area contributed by atoms with Gasteiger partial charge in [0.05, 0.1) is 11.4 Å². The molecule has 11 heteroatoms. The Morgan fingerprint density at radius 1 is 1.06 bits per heavy atom. The average molecular weight is 463 g/mol. The molecule has 0 saturated heterocycles. The first-order chi connectivity index (χ1) is 15.4. The number of aliphatic carboxylic acids is 2. The first-order valence-corrected chi connectivity index (χ1v) is 10.7. The molecule has 1 aliphatic heterocycles. The highest BCUT2D eigenvalue weighted by Gasteiger charge is 2.40. The highest BCUT2D eigenvalue weighted by atomic mass is 16.4. The fourth-order valence-corrected chi connectivity index (χ4v) is 3.62. The lowest BCUT2D eigenvalue weighted by atomic mass is 9.97. The van der Waals surface area contributed by atoms with Crippen molar-refractivity contribution in [2.24, 2.45) is 11.8 Å². The van der Waals surface area contributed by atoms with Crippen LogP contribution in [0.25, 0.3) is 0 Å². The molecule has 1 aromatic rings. The van der Waals surface area contributed by atoms with Gasteiger partial charge in [0.25, 0.3) is 0 Å². The third-order valence-electron chi connectivity index (χ3n) is 5.31. The molecule has 3 unspecified atom stereocenters. The molecule has 0 saturated carbocycles. The van der Waals surface area contributed by atoms with Crippen molar-refractivity contribution in [2.45, 2.75) is 58.7 Å². The fourth-order valence-electron chi connectivity index (χ4n) is 3.62. The summed E-state index contributed by atoms with van der Waals surface area (Å²) in [5.41, 5.74) is 0.931. The SMILES string of the molecule is CC(C)C(NC(=O)N1c2ccccc2NC(=O)C1C(C)C)C(=O)NC(CCC(=O)O)C(=O)O. The van der Waals surface area contributed by atoms with Crippen molar-refractivity contribution < 1.29 is 34.2 Å². The monoisotopic (exact) mass is 462 g/mol. The van der Waals surface area contributed by atoms with E-state index in [0.717, 1.165) is 0 Å². The zero-order chi connectivity index (χ0) is 24.9. The summed E-state index contributed by atoms with van der Waals surface area (Å²) in [4.78, 5) is 62.4. The Hall–Kier alpha value is -3.63. The van der Waals surface area contributed by atoms with Gasteiger partial charge in [0, 0.05) is 6.42 Å². The predicted octanol–water partition coefficient (Wildman–Crippen LogP) is 1.64. The molecule has 33 heavy (non-hydrogen) atoms. The van der Waals surface area contributed by atoms with Gasteiger partial charge in [0.15, 0.2) is 0 Å². The van der Waals surface area contributed by atoms with Gasteiger partial charge in [-0.05, 0) is 30.4 Å². The number of rotatable bonds is 9. The highest BCUT2D eigenvalue weighted by Crippen LogP contribution is 2.34. The Balaban J connectivity index is 2.28. The molecule has 4 amide bonds. The van der Waals surface area contributed by atoms with Crippen LogP contribution in [-0.2, 0) is 19.2 Å². The van der Waals surface area contributed by atoms with E-state index in [1.165, 1.54) is 4.90 Å². The minimum atomic E-state index is -1.42. The number of amides is 4. The third kappa shape index (κ3) is 6.21. The van der Waals surface area contributed by atoms with Gasteiger partial charge in [0.1, 0.15) is 18.1 Å². The van der Waals surface area contributed by atoms with Gasteiger partial charge in [-0.2, -0.15) is 0 Å². The molecule has 1 aromatic carbocycles. The lowest BCUT2D eigenvalue weighted by Gasteiger charge is -2.39. The number of benzene rings is 1. The quantitative estimate of drug-likeness (QED) is 0.372. The maximum atomic E-state index is 13.3. The second kappa shape index (κ2) is 10.8. The Morgan fingerprint density at radius 3 is 2.24 bits per heavy atom. The number of nitrogens with zero attached hydrogens (tertiary/aromatic N) is 1. The van der Waals surface area contributed by atoms with Gasteiger partial charge in [0.2, 0.25) is 11.8 Å². The van der Waals surface area contributed by atoms with E-state index in [0.29, 0.717) is 11.4 Å². The van der Waals surface area contributed by atoms with Crippen molar-refractivity contribution in [2.75, 3.05) is 10.2 Å². The van der Waals surface area contributed by atoms with Gasteiger partial charge in [-0.3, -0.25) is 19.3 Å². The van der Waals surface area contributed by atoms with Gasteiger partial charge >= 0.3 is 18.0 Å². The molecular formula is C22H30N4O7. The first kappa shape index (κ1) is 25.6. The summed E-state index contributed by atoms with van der Waals surface area (Å²) >= 11 is 0. The Bertz CT molecular complexity index is 931. The number of fused-ring (bicyclic) bond motifs is 1. The maximum Gasteiger partial charge on any atom is 0.326 e. The van der Waals surface area contributed by atoms with Crippen molar-refractivity contribution in [3.8, 4) is 0 Å². The molecule has 0 aromatic heterocycles. The van der Waals surface area contributed by atoms with E-state index < -0.39 is 54.3 Å². The lowest BCUT2D eigenvalue weighted by molar-refractivity contribution is -0.143. The molecule has 1 heterocycles. The zero-order valence-corrected chi connectivity index (χ0v) is 19.0. The van der Waals surface area contributed by atoms with Crippen LogP contribution in [0.4, 0.5) is 16.2 Å². The van der Waals surface area contributed by atoms with Crippen molar-refractivity contribution in [3.05, 3.63) is 24.3 Å². The van der Waals surface area contributed by atoms with Gasteiger partial charge in [-0.15, -0.1) is 0 Å². The average Bonchev–Trinajstić information content (AvgIpc) is 2.72. The van der Waals surface area contributed by atoms with Crippen molar-refractivity contribution in [1.82, 2.24) is 10.6 Å². The number of para-hydroxylation sites is 2. The zero-order valence-electron chi connectivity index (χ0n) is 19.0. The largest absolute Gasteiger partial charge is 0.481 e. The summed E-state index contributed by atoms with van der Waals surface area (Å²) in [5, 5.41) is 25.9. The van der Waals surface area contributed by atoms with Crippen LogP contribution < -0.4 is 20.9 Å². The highest BCUT2D eigenvalue weighted by molar-refractivity contribution is 6.12. The van der Waals surface area contributed by atoms with E-state index in [9.17, 15) is 29.1 Å². The second-order valence-corrected chi connectivity index (χ2v) is 8.57. The number of hydrogen-bond acceptors (Lipinski definition) is 5. The topological polar surface area (TPSA) is 165 Å². The molecular weight excluding hydrogens is 432 g/mol. The second-order valence-electron chi connectivity index (χ2n) is 8.57. The smallest absolute Gasteiger partial charge is 0.326 e. The molecule has 0 spiro atoms. The molecule has 5 N–H and O–H groups in total. The number of nitrogens with one attached hydrogen (secondary N) is 3. The van der Waals surface area contributed by atoms with Crippen molar-refractivity contribution in [1.29, 1.82) is 0 Å². The van der Waals surface area contributed by atoms with Crippen LogP contribution in [0.1, 0.15) is 40.5 Å². The molecule has 1 aliphatic rings. The normalized spacial score (nSPS) is 17.1. The standard InChI is InChI=1S/C22H30N4O7/c1-11(2)17(19(29)24-14(21(31)32)9-10-16(27)28)25-22(33)26-15-8-6-5-7-13(15)23-20(30)18(26)12(3)4/h5-8,11-12,14,17-18H,9-10H2,1-4H3,(H,23,30)(H,24,29)(H,25,33)(H,27,28)(H,31,32). The predicted molar refractivity (Wildman–Crippen MR) is 120 cm³/mol. The minimum absolute atomic E-state index is 0.233. The number of hydrogen-bond donors (Lipinski definition) is 5. The molecule has 0 fully saturated rings. The van der Waals surface area contributed by atoms with Crippen LogP contribution in [-0.4, -0.2) is 58.1 Å². The van der Waals surface area contributed by atoms with Gasteiger partial charge < -0.3 is 26.2 Å². The van der Waals surface area contributed by atoms with E-state index in [2.05, 4.69) is 16.0 Å². The van der Waals surface area contributed by atoms with Gasteiger partial charge in [-0.25, -0.2) is 9.59 Å². The first-order valence-electron chi connectivity index (χ1n) is 10.7. The molecule has 11 nitrogen and oxygen atoms in total. The number of carboxylic acid groups (broad SMARTS) is 2. The van der Waals surface area contributed by atoms with Crippen LogP contribution in [0.5, 0.6) is 0 Å². The molecule has 0 aliphatic carbocycles. The Labute approximate surface area is 191 Å². The lowest BCUT2D eigenvalue weighted by Crippen LogP contribution is -2.61. The summed E-state index contributed by atoms with van der Waals surface area (Å²) in [7, 11) is 0. The molecule has 0 radical (unpaired) electrons. The van der Waals surface area contributed by atoms with E-state index in [4.69, 9.17) is 5.11 Å². The van der Waals surface area contributed by atoms with E-state index in [1.54, 1.807) is 52.0 Å². The van der Waals surface area contributed by atoms with Crippen LogP contribution in [0, 0.1) is 11.8 Å². The van der Waals surface area contributed by atoms with Crippen molar-refractivity contribution >= 4 is 41.2 Å². The molecule has 0 bridgehead atoms. The van der Waals surface area contributed by atoms with E-state index in [1.807, 2.05) is 0 Å². The molecule has 3 atom stereocenters. The van der Waals surface area contributed by atoms with Crippen molar-refractivity contribution in [3.63, 3.8) is 0 Å². The Kier molecular flexibility index (Phi) is 8.38. The Morgan fingerprint density at radius 2 is 1.70 bits per heavy atom. The van der Waals surface area contributed by atoms with Crippen LogP contribution >= 0.6 is 0 Å². The number of urea groups is 1. The van der Waals surface area contributed by atoms with E-state index >= 15 is 0 Å². The van der Waals surface area contributed by atoms with Crippen LogP contribution in [0.2, 0.25) is 0 Å². The number of carbonyl (C=O) groups is 5. The minimum Gasteiger partial charge on any atom is -0.481 e. The summed E-state index contributed by atoms with van der Waals surface area (Å²) in [6, 6.07) is 2.75. The summed E-state index contributed by atoms with van der Waals surface area (Å²) < 4.78 is 0. The summed E-state index contributed by atoms with van der Waals surface area (Å²) in [6.45, 7) is 6.94.